The summed E-state index contributed by atoms with van der Waals surface area (Å²) in [5.74, 6) is -0.0573. The van der Waals surface area contributed by atoms with E-state index in [9.17, 15) is 4.79 Å². The van der Waals surface area contributed by atoms with E-state index in [2.05, 4.69) is 22.4 Å². The average Bonchev–Trinajstić information content (AvgIpc) is 3.34. The summed E-state index contributed by atoms with van der Waals surface area (Å²) >= 11 is 1.72. The molecule has 2 unspecified atom stereocenters. The van der Waals surface area contributed by atoms with Gasteiger partial charge < -0.3 is 5.32 Å². The minimum Gasteiger partial charge on any atom is -0.325 e. The highest BCUT2D eigenvalue weighted by Gasteiger charge is 2.34. The Morgan fingerprint density at radius 1 is 1.33 bits per heavy atom. The minimum atomic E-state index is -0.268. The van der Waals surface area contributed by atoms with Crippen molar-refractivity contribution in [2.45, 2.75) is 31.8 Å². The van der Waals surface area contributed by atoms with Crippen LogP contribution in [0.15, 0.2) is 48.5 Å². The number of para-hydroxylation sites is 1. The number of likely N-dealkylation sites (tertiary alicyclic amines) is 1. The molecule has 2 aromatic carbocycles. The predicted molar refractivity (Wildman–Crippen MR) is 108 cm³/mol. The number of rotatable bonds is 4. The van der Waals surface area contributed by atoms with Gasteiger partial charge >= 0.3 is 0 Å². The summed E-state index contributed by atoms with van der Waals surface area (Å²) in [6, 6.07) is 17.2. The maximum atomic E-state index is 12.8. The van der Waals surface area contributed by atoms with Crippen molar-refractivity contribution >= 4 is 33.1 Å². The third kappa shape index (κ3) is 3.57. The van der Waals surface area contributed by atoms with Crippen LogP contribution in [0.5, 0.6) is 0 Å². The van der Waals surface area contributed by atoms with Crippen LogP contribution >= 0.6 is 11.3 Å². The van der Waals surface area contributed by atoms with Gasteiger partial charge in [-0.1, -0.05) is 18.2 Å². The highest BCUT2D eigenvalue weighted by molar-refractivity contribution is 7.18. The molecular formula is C21H20N4OS. The van der Waals surface area contributed by atoms with Gasteiger partial charge in [-0.3, -0.25) is 9.69 Å². The minimum absolute atomic E-state index is 0.0573. The fourth-order valence-electron chi connectivity index (χ4n) is 3.61. The van der Waals surface area contributed by atoms with Crippen molar-refractivity contribution in [3.8, 4) is 6.07 Å². The van der Waals surface area contributed by atoms with Crippen molar-refractivity contribution in [1.29, 1.82) is 5.26 Å². The Morgan fingerprint density at radius 3 is 3.00 bits per heavy atom. The van der Waals surface area contributed by atoms with Gasteiger partial charge in [0, 0.05) is 5.69 Å². The van der Waals surface area contributed by atoms with Gasteiger partial charge in [-0.25, -0.2) is 4.98 Å². The van der Waals surface area contributed by atoms with Gasteiger partial charge in [0.05, 0.1) is 33.9 Å². The first-order valence-electron chi connectivity index (χ1n) is 9.08. The lowest BCUT2D eigenvalue weighted by Crippen LogP contribution is -2.41. The maximum Gasteiger partial charge on any atom is 0.241 e. The molecule has 1 fully saturated rings. The zero-order valence-corrected chi connectivity index (χ0v) is 15.9. The van der Waals surface area contributed by atoms with E-state index in [1.165, 1.54) is 4.70 Å². The molecule has 1 aromatic heterocycles. The summed E-state index contributed by atoms with van der Waals surface area (Å²) in [6.45, 7) is 2.82. The van der Waals surface area contributed by atoms with Crippen LogP contribution in [0.1, 0.15) is 36.4 Å². The zero-order chi connectivity index (χ0) is 18.8. The molecule has 1 N–H and O–H groups in total. The molecule has 0 bridgehead atoms. The molecule has 136 valence electrons. The number of aromatic nitrogens is 1. The molecule has 1 aliphatic rings. The molecule has 6 heteroatoms. The molecule has 1 aliphatic heterocycles. The number of hydrogen-bond donors (Lipinski definition) is 1. The first kappa shape index (κ1) is 17.7. The fraction of sp³-hybridized carbons (Fsp3) is 0.286. The van der Waals surface area contributed by atoms with E-state index in [1.54, 1.807) is 35.6 Å². The summed E-state index contributed by atoms with van der Waals surface area (Å²) in [4.78, 5) is 19.8. The van der Waals surface area contributed by atoms with E-state index in [0.29, 0.717) is 11.3 Å². The van der Waals surface area contributed by atoms with Crippen molar-refractivity contribution < 1.29 is 4.79 Å². The second-order valence-electron chi connectivity index (χ2n) is 6.77. The molecule has 1 saturated heterocycles. The van der Waals surface area contributed by atoms with Gasteiger partial charge in [0.15, 0.2) is 0 Å². The van der Waals surface area contributed by atoms with Crippen molar-refractivity contribution in [1.82, 2.24) is 9.88 Å². The average molecular weight is 376 g/mol. The van der Waals surface area contributed by atoms with Gasteiger partial charge in [-0.15, -0.1) is 11.3 Å². The highest BCUT2D eigenvalue weighted by Crippen LogP contribution is 2.37. The topological polar surface area (TPSA) is 69.0 Å². The van der Waals surface area contributed by atoms with E-state index < -0.39 is 0 Å². The van der Waals surface area contributed by atoms with E-state index in [0.717, 1.165) is 29.9 Å². The maximum absolute atomic E-state index is 12.8. The molecule has 1 amide bonds. The van der Waals surface area contributed by atoms with Crippen LogP contribution < -0.4 is 5.32 Å². The Kier molecular flexibility index (Phi) is 4.88. The number of hydrogen-bond acceptors (Lipinski definition) is 5. The molecule has 27 heavy (non-hydrogen) atoms. The van der Waals surface area contributed by atoms with Crippen molar-refractivity contribution in [2.24, 2.45) is 0 Å². The molecule has 0 spiro atoms. The van der Waals surface area contributed by atoms with E-state index in [4.69, 9.17) is 10.2 Å². The summed E-state index contributed by atoms with van der Waals surface area (Å²) in [5.41, 5.74) is 2.21. The predicted octanol–water partition coefficient (Wildman–Crippen LogP) is 4.33. The van der Waals surface area contributed by atoms with Gasteiger partial charge in [0.1, 0.15) is 5.01 Å². The van der Waals surface area contributed by atoms with Gasteiger partial charge in [0.2, 0.25) is 5.91 Å². The van der Waals surface area contributed by atoms with E-state index in [-0.39, 0.29) is 18.0 Å². The Labute approximate surface area is 162 Å². The molecule has 0 saturated carbocycles. The lowest BCUT2D eigenvalue weighted by atomic mass is 10.1. The van der Waals surface area contributed by atoms with Gasteiger partial charge in [-0.2, -0.15) is 5.26 Å². The van der Waals surface area contributed by atoms with Gasteiger partial charge in [-0.05, 0) is 56.6 Å². The first-order chi connectivity index (χ1) is 13.2. The fourth-order valence-corrected chi connectivity index (χ4v) is 4.74. The number of nitriles is 1. The Morgan fingerprint density at radius 2 is 2.19 bits per heavy atom. The third-order valence-electron chi connectivity index (χ3n) is 5.03. The Bertz CT molecular complexity index is 989. The number of fused-ring (bicyclic) bond motifs is 1. The lowest BCUT2D eigenvalue weighted by Gasteiger charge is -2.28. The molecule has 5 nitrogen and oxygen atoms in total. The lowest BCUT2D eigenvalue weighted by molar-refractivity contribution is -0.121. The second kappa shape index (κ2) is 7.47. The Hall–Kier alpha value is -2.75. The Balaban J connectivity index is 1.52. The zero-order valence-electron chi connectivity index (χ0n) is 15.1. The number of thiazole rings is 1. The second-order valence-corrected chi connectivity index (χ2v) is 7.84. The van der Waals surface area contributed by atoms with Crippen LogP contribution in [0.25, 0.3) is 10.2 Å². The first-order valence-corrected chi connectivity index (χ1v) is 9.89. The van der Waals surface area contributed by atoms with Crippen LogP contribution in [0.2, 0.25) is 0 Å². The summed E-state index contributed by atoms with van der Waals surface area (Å²) < 4.78 is 1.18. The number of amides is 1. The summed E-state index contributed by atoms with van der Waals surface area (Å²) in [6.07, 6.45) is 2.07. The molecule has 3 aromatic rings. The molecule has 4 rings (SSSR count). The SMILES string of the molecule is CC(C(=O)Nc1cccc(C#N)c1)N1CCCC1c1nc2ccccc2s1. The van der Waals surface area contributed by atoms with Crippen LogP contribution in [0.4, 0.5) is 5.69 Å². The third-order valence-corrected chi connectivity index (χ3v) is 6.16. The van der Waals surface area contributed by atoms with E-state index >= 15 is 0 Å². The van der Waals surface area contributed by atoms with Gasteiger partial charge in [0.25, 0.3) is 0 Å². The molecule has 0 radical (unpaired) electrons. The standard InChI is InChI=1S/C21H20N4OS/c1-14(20(26)23-16-7-4-6-15(12-16)13-22)25-11-5-9-18(25)21-24-17-8-2-3-10-19(17)27-21/h2-4,6-8,10,12,14,18H,5,9,11H2,1H3,(H,23,26). The van der Waals surface area contributed by atoms with Crippen molar-refractivity contribution in [2.75, 3.05) is 11.9 Å². The summed E-state index contributed by atoms with van der Waals surface area (Å²) in [7, 11) is 0. The number of nitrogens with zero attached hydrogens (tertiary/aromatic N) is 3. The summed E-state index contributed by atoms with van der Waals surface area (Å²) in [5, 5.41) is 13.0. The monoisotopic (exact) mass is 376 g/mol. The van der Waals surface area contributed by atoms with Crippen molar-refractivity contribution in [3.05, 3.63) is 59.1 Å². The normalized spacial score (nSPS) is 18.3. The smallest absolute Gasteiger partial charge is 0.241 e. The highest BCUT2D eigenvalue weighted by atomic mass is 32.1. The molecular weight excluding hydrogens is 356 g/mol. The van der Waals surface area contributed by atoms with Crippen LogP contribution in [-0.4, -0.2) is 28.4 Å². The largest absolute Gasteiger partial charge is 0.325 e. The number of benzene rings is 2. The van der Waals surface area contributed by atoms with Crippen LogP contribution in [0, 0.1) is 11.3 Å². The van der Waals surface area contributed by atoms with Crippen LogP contribution in [0.3, 0.4) is 0 Å². The van der Waals surface area contributed by atoms with E-state index in [1.807, 2.05) is 25.1 Å². The number of carbonyl (C=O) groups excluding carboxylic acids is 1. The molecule has 0 aliphatic carbocycles. The van der Waals surface area contributed by atoms with Crippen molar-refractivity contribution in [3.63, 3.8) is 0 Å². The molecule has 2 heterocycles. The molecule has 2 atom stereocenters. The quantitative estimate of drug-likeness (QED) is 0.736. The van der Waals surface area contributed by atoms with Crippen LogP contribution in [-0.2, 0) is 4.79 Å². The number of nitrogens with one attached hydrogen (secondary N) is 1. The number of carbonyl (C=O) groups is 1. The number of anilines is 1.